The number of rotatable bonds is 3. The van der Waals surface area contributed by atoms with Crippen molar-refractivity contribution in [2.45, 2.75) is 56.7 Å². The molecule has 0 spiro atoms. The molecule has 1 aliphatic carbocycles. The van der Waals surface area contributed by atoms with Gasteiger partial charge in [0.25, 0.3) is 0 Å². The van der Waals surface area contributed by atoms with E-state index in [2.05, 4.69) is 10.2 Å². The van der Waals surface area contributed by atoms with Crippen molar-refractivity contribution in [1.82, 2.24) is 15.1 Å². The molecular weight excluding hydrogens is 335 g/mol. The van der Waals surface area contributed by atoms with E-state index < -0.39 is 11.9 Å². The summed E-state index contributed by atoms with van der Waals surface area (Å²) in [5.41, 5.74) is 0.0875. The van der Waals surface area contributed by atoms with Crippen molar-refractivity contribution in [1.29, 1.82) is 0 Å². The van der Waals surface area contributed by atoms with Crippen molar-refractivity contribution in [2.75, 3.05) is 19.7 Å². The van der Waals surface area contributed by atoms with Gasteiger partial charge in [-0.15, -0.1) is 0 Å². The van der Waals surface area contributed by atoms with Gasteiger partial charge in [0, 0.05) is 43.3 Å². The number of hydrogen-bond donors (Lipinski definition) is 1. The number of aromatic amines is 1. The first kappa shape index (κ1) is 16.9. The standard InChI is InChI=1S/C17H22F3N3O2/c18-17(19,20)16-12-5-3-10-8-23(9-13(10)15(12)21-22-16)14(24)6-4-11-2-1-7-25-11/h10-11,13H,1-9H2,(H,21,22)/t10-,11+,13+/m1/s1. The highest BCUT2D eigenvalue weighted by molar-refractivity contribution is 5.76. The SMILES string of the molecule is O=C(CC[C@@H]1CCCO1)N1C[C@H]2CCc3c(C(F)(F)F)n[nH]c3[C@H]2C1. The summed E-state index contributed by atoms with van der Waals surface area (Å²) in [6, 6.07) is 0. The molecule has 2 aliphatic heterocycles. The zero-order chi connectivity index (χ0) is 17.6. The molecule has 1 aromatic heterocycles. The van der Waals surface area contributed by atoms with Crippen LogP contribution in [-0.4, -0.2) is 46.8 Å². The van der Waals surface area contributed by atoms with Crippen LogP contribution in [0.15, 0.2) is 0 Å². The lowest BCUT2D eigenvalue weighted by Gasteiger charge is -2.24. The summed E-state index contributed by atoms with van der Waals surface area (Å²) in [4.78, 5) is 14.3. The number of fused-ring (bicyclic) bond motifs is 3. The summed E-state index contributed by atoms with van der Waals surface area (Å²) in [5.74, 6) is 0.252. The first-order chi connectivity index (χ1) is 11.9. The minimum Gasteiger partial charge on any atom is -0.378 e. The molecule has 2 fully saturated rings. The summed E-state index contributed by atoms with van der Waals surface area (Å²) in [5, 5.41) is 6.13. The maximum atomic E-state index is 13.0. The summed E-state index contributed by atoms with van der Waals surface area (Å²) >= 11 is 0. The molecule has 2 saturated heterocycles. The summed E-state index contributed by atoms with van der Waals surface area (Å²) in [6.45, 7) is 1.90. The second kappa shape index (κ2) is 6.30. The molecule has 3 atom stereocenters. The molecule has 8 heteroatoms. The molecule has 0 unspecified atom stereocenters. The van der Waals surface area contributed by atoms with Gasteiger partial charge in [0.1, 0.15) is 0 Å². The minimum atomic E-state index is -4.42. The molecule has 0 aromatic carbocycles. The van der Waals surface area contributed by atoms with E-state index in [0.717, 1.165) is 25.9 Å². The van der Waals surface area contributed by atoms with Gasteiger partial charge in [-0.3, -0.25) is 9.89 Å². The van der Waals surface area contributed by atoms with Gasteiger partial charge in [0.05, 0.1) is 6.10 Å². The number of ether oxygens (including phenoxy) is 1. The van der Waals surface area contributed by atoms with Crippen LogP contribution in [-0.2, 0) is 22.1 Å². The Morgan fingerprint density at radius 1 is 1.32 bits per heavy atom. The van der Waals surface area contributed by atoms with Gasteiger partial charge in [-0.2, -0.15) is 18.3 Å². The van der Waals surface area contributed by atoms with Gasteiger partial charge in [0.2, 0.25) is 5.91 Å². The molecule has 25 heavy (non-hydrogen) atoms. The Labute approximate surface area is 143 Å². The highest BCUT2D eigenvalue weighted by Crippen LogP contribution is 2.44. The van der Waals surface area contributed by atoms with E-state index in [1.807, 2.05) is 4.90 Å². The van der Waals surface area contributed by atoms with Gasteiger partial charge in [0.15, 0.2) is 5.69 Å². The van der Waals surface area contributed by atoms with Crippen LogP contribution in [0.4, 0.5) is 13.2 Å². The zero-order valence-electron chi connectivity index (χ0n) is 13.9. The first-order valence-corrected chi connectivity index (χ1v) is 8.97. The van der Waals surface area contributed by atoms with Crippen LogP contribution in [0.5, 0.6) is 0 Å². The van der Waals surface area contributed by atoms with Crippen molar-refractivity contribution in [3.63, 3.8) is 0 Å². The summed E-state index contributed by atoms with van der Waals surface area (Å²) in [7, 11) is 0. The van der Waals surface area contributed by atoms with Gasteiger partial charge >= 0.3 is 6.18 Å². The third-order valence-corrected chi connectivity index (χ3v) is 5.80. The van der Waals surface area contributed by atoms with Crippen LogP contribution in [0, 0.1) is 5.92 Å². The number of H-pyrrole nitrogens is 1. The minimum absolute atomic E-state index is 0.0565. The third-order valence-electron chi connectivity index (χ3n) is 5.80. The van der Waals surface area contributed by atoms with Crippen LogP contribution < -0.4 is 0 Å². The smallest absolute Gasteiger partial charge is 0.378 e. The number of alkyl halides is 3. The van der Waals surface area contributed by atoms with E-state index in [1.54, 1.807) is 0 Å². The highest BCUT2D eigenvalue weighted by atomic mass is 19.4. The number of hydrogen-bond acceptors (Lipinski definition) is 3. The lowest BCUT2D eigenvalue weighted by Crippen LogP contribution is -2.29. The fraction of sp³-hybridized carbons (Fsp3) is 0.765. The maximum absolute atomic E-state index is 13.0. The Hall–Kier alpha value is -1.57. The van der Waals surface area contributed by atoms with Crippen molar-refractivity contribution in [3.8, 4) is 0 Å². The number of nitrogens with one attached hydrogen (secondary N) is 1. The van der Waals surface area contributed by atoms with E-state index in [0.29, 0.717) is 43.6 Å². The van der Waals surface area contributed by atoms with Gasteiger partial charge in [-0.25, -0.2) is 0 Å². The topological polar surface area (TPSA) is 58.2 Å². The molecule has 5 nitrogen and oxygen atoms in total. The fourth-order valence-corrected chi connectivity index (χ4v) is 4.51. The number of likely N-dealkylation sites (tertiary alicyclic amines) is 1. The Kier molecular flexibility index (Phi) is 4.25. The van der Waals surface area contributed by atoms with Crippen LogP contribution >= 0.6 is 0 Å². The molecule has 0 radical (unpaired) electrons. The Morgan fingerprint density at radius 3 is 2.88 bits per heavy atom. The molecule has 0 saturated carbocycles. The number of carbonyl (C=O) groups excluding carboxylic acids is 1. The number of halogens is 3. The van der Waals surface area contributed by atoms with E-state index >= 15 is 0 Å². The predicted molar refractivity (Wildman–Crippen MR) is 82.9 cm³/mol. The average Bonchev–Trinajstić information content (AvgIpc) is 3.27. The van der Waals surface area contributed by atoms with E-state index in [1.165, 1.54) is 0 Å². The monoisotopic (exact) mass is 357 g/mol. The third kappa shape index (κ3) is 3.16. The van der Waals surface area contributed by atoms with Gasteiger partial charge in [-0.1, -0.05) is 0 Å². The van der Waals surface area contributed by atoms with Gasteiger partial charge in [-0.05, 0) is 38.0 Å². The predicted octanol–water partition coefficient (Wildman–Crippen LogP) is 2.88. The van der Waals surface area contributed by atoms with Crippen molar-refractivity contribution < 1.29 is 22.7 Å². The Morgan fingerprint density at radius 2 is 2.16 bits per heavy atom. The van der Waals surface area contributed by atoms with Crippen LogP contribution in [0.2, 0.25) is 0 Å². The fourth-order valence-electron chi connectivity index (χ4n) is 4.51. The number of carbonyl (C=O) groups is 1. The van der Waals surface area contributed by atoms with Crippen molar-refractivity contribution in [2.24, 2.45) is 5.92 Å². The second-order valence-electron chi connectivity index (χ2n) is 7.34. The number of aromatic nitrogens is 2. The van der Waals surface area contributed by atoms with Gasteiger partial charge < -0.3 is 9.64 Å². The molecular formula is C17H22F3N3O2. The maximum Gasteiger partial charge on any atom is 0.435 e. The molecule has 138 valence electrons. The van der Waals surface area contributed by atoms with Crippen LogP contribution in [0.1, 0.15) is 55.0 Å². The quantitative estimate of drug-likeness (QED) is 0.905. The second-order valence-corrected chi connectivity index (χ2v) is 7.34. The molecule has 1 N–H and O–H groups in total. The largest absolute Gasteiger partial charge is 0.435 e. The molecule has 3 aliphatic rings. The van der Waals surface area contributed by atoms with E-state index in [9.17, 15) is 18.0 Å². The van der Waals surface area contributed by atoms with Crippen molar-refractivity contribution >= 4 is 5.91 Å². The first-order valence-electron chi connectivity index (χ1n) is 8.97. The van der Waals surface area contributed by atoms with E-state index in [4.69, 9.17) is 4.74 Å². The molecule has 1 amide bonds. The number of amides is 1. The van der Waals surface area contributed by atoms with E-state index in [-0.39, 0.29) is 23.8 Å². The highest BCUT2D eigenvalue weighted by Gasteiger charge is 2.45. The molecule has 4 rings (SSSR count). The molecule has 3 heterocycles. The normalized spacial score (nSPS) is 28.9. The number of nitrogens with zero attached hydrogens (tertiary/aromatic N) is 2. The van der Waals surface area contributed by atoms with Crippen molar-refractivity contribution in [3.05, 3.63) is 17.0 Å². The Balaban J connectivity index is 1.42. The lowest BCUT2D eigenvalue weighted by molar-refractivity contribution is -0.141. The summed E-state index contributed by atoms with van der Waals surface area (Å²) in [6.07, 6.45) is 0.0587. The summed E-state index contributed by atoms with van der Waals surface area (Å²) < 4.78 is 44.7. The van der Waals surface area contributed by atoms with Crippen LogP contribution in [0.25, 0.3) is 0 Å². The lowest BCUT2D eigenvalue weighted by atomic mass is 9.80. The zero-order valence-corrected chi connectivity index (χ0v) is 13.9. The molecule has 1 aromatic rings. The average molecular weight is 357 g/mol. The Bertz CT molecular complexity index is 652. The molecule has 0 bridgehead atoms. The van der Waals surface area contributed by atoms with Crippen LogP contribution in [0.3, 0.4) is 0 Å².